The highest BCUT2D eigenvalue weighted by Crippen LogP contribution is 2.44. The number of alkyl carbamates (subject to hydrolysis) is 1. The molecule has 0 aromatic heterocycles. The molecular weight excluding hydrogens is 631 g/mol. The summed E-state index contributed by atoms with van der Waals surface area (Å²) in [6.45, 7) is 3.31. The maximum atomic E-state index is 13.7. The third-order valence-corrected chi connectivity index (χ3v) is 8.45. The lowest BCUT2D eigenvalue weighted by Crippen LogP contribution is -2.58. The van der Waals surface area contributed by atoms with Crippen LogP contribution in [0.25, 0.3) is 11.1 Å². The van der Waals surface area contributed by atoms with Gasteiger partial charge in [0.05, 0.1) is 0 Å². The van der Waals surface area contributed by atoms with Gasteiger partial charge in [0.15, 0.2) is 0 Å². The number of alkyl halides is 3. The summed E-state index contributed by atoms with van der Waals surface area (Å²) < 4.78 is 44.0. The van der Waals surface area contributed by atoms with E-state index in [1.165, 1.54) is 12.1 Å². The van der Waals surface area contributed by atoms with Crippen LogP contribution in [-0.4, -0.2) is 65.0 Å². The van der Waals surface area contributed by atoms with E-state index >= 15 is 0 Å². The number of fused-ring (bicyclic) bond motifs is 3. The summed E-state index contributed by atoms with van der Waals surface area (Å²) in [7, 11) is 0. The molecule has 0 bridgehead atoms. The predicted octanol–water partition coefficient (Wildman–Crippen LogP) is 5.28. The molecule has 4 rings (SSSR count). The molecule has 1 aliphatic carbocycles. The largest absolute Gasteiger partial charge is 0.508 e. The Balaban J connectivity index is 1.49. The van der Waals surface area contributed by atoms with Gasteiger partial charge in [-0.2, -0.15) is 13.2 Å². The van der Waals surface area contributed by atoms with E-state index in [9.17, 15) is 42.6 Å². The second-order valence-corrected chi connectivity index (χ2v) is 11.8. The number of nitrogens with one attached hydrogen (secondary N) is 3. The highest BCUT2D eigenvalue weighted by molar-refractivity contribution is 5.93. The molecule has 3 aromatic carbocycles. The Labute approximate surface area is 275 Å². The molecule has 10 nitrogen and oxygen atoms in total. The number of carbonyl (C=O) groups excluding carboxylic acids is 3. The van der Waals surface area contributed by atoms with E-state index in [2.05, 4.69) is 16.0 Å². The van der Waals surface area contributed by atoms with Gasteiger partial charge < -0.3 is 30.9 Å². The zero-order valence-corrected chi connectivity index (χ0v) is 26.4. The zero-order chi connectivity index (χ0) is 35.0. The number of benzene rings is 3. The number of carbonyl (C=O) groups is 4. The lowest BCUT2D eigenvalue weighted by Gasteiger charge is -2.28. The number of aliphatic carboxylic acids is 1. The van der Waals surface area contributed by atoms with Crippen LogP contribution in [0.2, 0.25) is 0 Å². The van der Waals surface area contributed by atoms with Crippen molar-refractivity contribution in [2.24, 2.45) is 5.92 Å². The lowest BCUT2D eigenvalue weighted by molar-refractivity contribution is -0.148. The van der Waals surface area contributed by atoms with Gasteiger partial charge in [-0.1, -0.05) is 80.9 Å². The quantitative estimate of drug-likeness (QED) is 0.156. The minimum Gasteiger partial charge on any atom is -0.508 e. The van der Waals surface area contributed by atoms with Crippen molar-refractivity contribution >= 4 is 23.9 Å². The van der Waals surface area contributed by atoms with Gasteiger partial charge in [0.25, 0.3) is 0 Å². The van der Waals surface area contributed by atoms with Gasteiger partial charge in [0.2, 0.25) is 11.8 Å². The summed E-state index contributed by atoms with van der Waals surface area (Å²) in [6.07, 6.45) is -7.58. The van der Waals surface area contributed by atoms with Crippen molar-refractivity contribution in [2.75, 3.05) is 6.61 Å². The van der Waals surface area contributed by atoms with Crippen LogP contribution in [0.5, 0.6) is 5.75 Å². The minimum atomic E-state index is -4.63. The van der Waals surface area contributed by atoms with Crippen molar-refractivity contribution < 1.29 is 47.3 Å². The van der Waals surface area contributed by atoms with Crippen LogP contribution in [0.4, 0.5) is 18.0 Å². The maximum absolute atomic E-state index is 13.7. The van der Waals surface area contributed by atoms with Crippen LogP contribution in [0.15, 0.2) is 72.8 Å². The maximum Gasteiger partial charge on any atom is 0.407 e. The molecule has 0 fully saturated rings. The molecule has 256 valence electrons. The summed E-state index contributed by atoms with van der Waals surface area (Å²) in [4.78, 5) is 51.7. The number of phenols is 1. The van der Waals surface area contributed by atoms with Crippen LogP contribution in [0.3, 0.4) is 0 Å². The molecule has 3 aromatic rings. The van der Waals surface area contributed by atoms with Gasteiger partial charge in [0, 0.05) is 18.8 Å². The summed E-state index contributed by atoms with van der Waals surface area (Å²) in [5, 5.41) is 26.4. The second-order valence-electron chi connectivity index (χ2n) is 11.8. The fraction of sp³-hybridized carbons (Fsp3) is 0.371. The van der Waals surface area contributed by atoms with Crippen molar-refractivity contribution in [3.05, 3.63) is 89.5 Å². The fourth-order valence-corrected chi connectivity index (χ4v) is 5.64. The van der Waals surface area contributed by atoms with Gasteiger partial charge >= 0.3 is 18.2 Å². The molecule has 0 heterocycles. The highest BCUT2D eigenvalue weighted by Gasteiger charge is 2.35. The van der Waals surface area contributed by atoms with Gasteiger partial charge in [-0.05, 0) is 52.3 Å². The molecule has 0 saturated carbocycles. The smallest absolute Gasteiger partial charge is 0.407 e. The van der Waals surface area contributed by atoms with E-state index in [4.69, 9.17) is 4.74 Å². The van der Waals surface area contributed by atoms with E-state index < -0.39 is 66.9 Å². The topological polar surface area (TPSA) is 154 Å². The van der Waals surface area contributed by atoms with E-state index in [1.807, 2.05) is 48.5 Å². The number of hydrogen-bond acceptors (Lipinski definition) is 6. The highest BCUT2D eigenvalue weighted by atomic mass is 19.4. The molecule has 3 amide bonds. The van der Waals surface area contributed by atoms with Crippen molar-refractivity contribution in [1.29, 1.82) is 0 Å². The monoisotopic (exact) mass is 669 g/mol. The molecular formula is C35H38F3N3O7. The number of aromatic hydroxyl groups is 1. The van der Waals surface area contributed by atoms with Crippen molar-refractivity contribution in [1.82, 2.24) is 16.0 Å². The fourth-order valence-electron chi connectivity index (χ4n) is 5.64. The molecule has 5 N–H and O–H groups in total. The van der Waals surface area contributed by atoms with Crippen LogP contribution in [0, 0.1) is 5.92 Å². The van der Waals surface area contributed by atoms with E-state index in [1.54, 1.807) is 26.0 Å². The SMILES string of the molecule is CC[C@H](C)[C@H](NC(=O)[C@H](Cc1ccc(O)cc1)NC(=O)OCC1c2ccccc2-c2ccccc21)C(=O)N[C@@H](CCC(F)(F)F)C(=O)O. The third-order valence-electron chi connectivity index (χ3n) is 8.45. The Kier molecular flexibility index (Phi) is 11.7. The minimum absolute atomic E-state index is 0.0174. The normalized spacial score (nSPS) is 14.9. The molecule has 0 radical (unpaired) electrons. The van der Waals surface area contributed by atoms with Crippen LogP contribution in [-0.2, 0) is 25.5 Å². The Hall–Kier alpha value is -5.07. The van der Waals surface area contributed by atoms with E-state index in [0.717, 1.165) is 22.3 Å². The molecule has 48 heavy (non-hydrogen) atoms. The predicted molar refractivity (Wildman–Crippen MR) is 170 cm³/mol. The molecule has 1 aliphatic rings. The average molecular weight is 670 g/mol. The summed E-state index contributed by atoms with van der Waals surface area (Å²) in [5.41, 5.74) is 4.59. The third kappa shape index (κ3) is 9.26. The number of ether oxygens (including phenoxy) is 1. The van der Waals surface area contributed by atoms with Crippen LogP contribution >= 0.6 is 0 Å². The number of hydrogen-bond donors (Lipinski definition) is 5. The first-order valence-corrected chi connectivity index (χ1v) is 15.6. The van der Waals surface area contributed by atoms with Gasteiger partial charge in [-0.15, -0.1) is 0 Å². The standard InChI is InChI=1S/C35H38F3N3O7/c1-3-20(2)30(32(44)39-28(33(45)46)16-17-35(36,37)38)41-31(43)29(18-21-12-14-22(42)15-13-21)40-34(47)48-19-27-25-10-6-4-8-23(25)24-9-5-7-11-26(24)27/h4-15,20,27-30,42H,3,16-19H2,1-2H3,(H,39,44)(H,40,47)(H,41,43)(H,45,46)/t20-,28-,29-,30-/m0/s1. The summed E-state index contributed by atoms with van der Waals surface area (Å²) in [5.74, 6) is -4.25. The van der Waals surface area contributed by atoms with Gasteiger partial charge in [-0.3, -0.25) is 9.59 Å². The van der Waals surface area contributed by atoms with Crippen LogP contribution < -0.4 is 16.0 Å². The number of rotatable bonds is 14. The Morgan fingerprint density at radius 1 is 0.833 bits per heavy atom. The van der Waals surface area contributed by atoms with Gasteiger partial charge in [0.1, 0.15) is 30.5 Å². The number of halogens is 3. The zero-order valence-electron chi connectivity index (χ0n) is 26.4. The Morgan fingerprint density at radius 2 is 1.42 bits per heavy atom. The summed E-state index contributed by atoms with van der Waals surface area (Å²) in [6, 6.07) is 17.0. The first kappa shape index (κ1) is 35.8. The number of amides is 3. The van der Waals surface area contributed by atoms with Crippen molar-refractivity contribution in [2.45, 2.75) is 69.8 Å². The van der Waals surface area contributed by atoms with Crippen molar-refractivity contribution in [3.63, 3.8) is 0 Å². The first-order valence-electron chi connectivity index (χ1n) is 15.6. The van der Waals surface area contributed by atoms with Gasteiger partial charge in [-0.25, -0.2) is 9.59 Å². The molecule has 0 spiro atoms. The van der Waals surface area contributed by atoms with E-state index in [-0.39, 0.29) is 24.7 Å². The Bertz CT molecular complexity index is 1570. The molecule has 13 heteroatoms. The van der Waals surface area contributed by atoms with E-state index in [0.29, 0.717) is 12.0 Å². The van der Waals surface area contributed by atoms with Crippen molar-refractivity contribution in [3.8, 4) is 16.9 Å². The van der Waals surface area contributed by atoms with Crippen LogP contribution in [0.1, 0.15) is 55.7 Å². The molecule has 0 unspecified atom stereocenters. The lowest BCUT2D eigenvalue weighted by atomic mass is 9.96. The molecule has 0 saturated heterocycles. The number of carboxylic acid groups (broad SMARTS) is 1. The number of carboxylic acids is 1. The summed E-state index contributed by atoms with van der Waals surface area (Å²) >= 11 is 0. The molecule has 4 atom stereocenters. The first-order chi connectivity index (χ1) is 22.8. The number of phenolic OH excluding ortho intramolecular Hbond substituents is 1. The molecule has 0 aliphatic heterocycles. The average Bonchev–Trinajstić information content (AvgIpc) is 3.37. The Morgan fingerprint density at radius 3 is 1.96 bits per heavy atom. The second kappa shape index (κ2) is 15.7.